The number of rotatable bonds is 8. The van der Waals surface area contributed by atoms with Gasteiger partial charge in [0.2, 0.25) is 0 Å². The Morgan fingerprint density at radius 1 is 1.19 bits per heavy atom. The predicted molar refractivity (Wildman–Crippen MR) is 85.6 cm³/mol. The number of carbonyl (C=O) groups excluding carboxylic acids is 1. The Labute approximate surface area is 128 Å². The molecule has 2 unspecified atom stereocenters. The van der Waals surface area contributed by atoms with Crippen molar-refractivity contribution in [3.05, 3.63) is 35.4 Å². The van der Waals surface area contributed by atoms with Crippen molar-refractivity contribution in [2.24, 2.45) is 0 Å². The highest BCUT2D eigenvalue weighted by molar-refractivity contribution is 7.84. The van der Waals surface area contributed by atoms with Crippen molar-refractivity contribution in [2.45, 2.75) is 31.6 Å². The molecule has 0 saturated carbocycles. The number of aliphatic hydroxyl groups is 1. The highest BCUT2D eigenvalue weighted by Gasteiger charge is 2.06. The van der Waals surface area contributed by atoms with Crippen LogP contribution < -0.4 is 10.6 Å². The van der Waals surface area contributed by atoms with Gasteiger partial charge in [-0.25, -0.2) is 4.79 Å². The second-order valence-electron chi connectivity index (χ2n) is 5.01. The van der Waals surface area contributed by atoms with Gasteiger partial charge in [-0.15, -0.1) is 0 Å². The Morgan fingerprint density at radius 3 is 2.33 bits per heavy atom. The minimum atomic E-state index is -0.848. The predicted octanol–water partition coefficient (Wildman–Crippen LogP) is 1.18. The first-order valence-electron chi connectivity index (χ1n) is 7.05. The first-order chi connectivity index (χ1) is 10.0. The standard InChI is InChI=1S/C15H24N2O3S/c1-12(21(2)20)7-9-16-15(19)17-10-8-13-3-5-14(11-18)6-4-13/h3-6,12,18H,7-11H2,1-2H3,(H2,16,17,19). The number of amides is 2. The van der Waals surface area contributed by atoms with Crippen molar-refractivity contribution < 1.29 is 14.1 Å². The largest absolute Gasteiger partial charge is 0.392 e. The third-order valence-electron chi connectivity index (χ3n) is 3.31. The molecule has 0 aliphatic rings. The van der Waals surface area contributed by atoms with Crippen molar-refractivity contribution in [3.63, 3.8) is 0 Å². The monoisotopic (exact) mass is 312 g/mol. The van der Waals surface area contributed by atoms with Crippen LogP contribution in [0.25, 0.3) is 0 Å². The molecule has 6 heteroatoms. The maximum absolute atomic E-state index is 11.6. The molecule has 0 radical (unpaired) electrons. The lowest BCUT2D eigenvalue weighted by Crippen LogP contribution is -2.38. The van der Waals surface area contributed by atoms with E-state index in [9.17, 15) is 9.00 Å². The molecular weight excluding hydrogens is 288 g/mol. The lowest BCUT2D eigenvalue weighted by molar-refractivity contribution is 0.241. The maximum atomic E-state index is 11.6. The summed E-state index contributed by atoms with van der Waals surface area (Å²) in [5.41, 5.74) is 1.99. The van der Waals surface area contributed by atoms with E-state index in [4.69, 9.17) is 5.11 Å². The molecule has 21 heavy (non-hydrogen) atoms. The summed E-state index contributed by atoms with van der Waals surface area (Å²) in [6.07, 6.45) is 3.13. The lowest BCUT2D eigenvalue weighted by Gasteiger charge is -2.10. The van der Waals surface area contributed by atoms with Gasteiger partial charge in [0.05, 0.1) is 6.61 Å². The van der Waals surface area contributed by atoms with Gasteiger partial charge in [0.15, 0.2) is 0 Å². The first-order valence-corrected chi connectivity index (χ1v) is 8.67. The summed E-state index contributed by atoms with van der Waals surface area (Å²) >= 11 is 0. The number of aliphatic hydroxyl groups excluding tert-OH is 1. The molecule has 0 spiro atoms. The van der Waals surface area contributed by atoms with Gasteiger partial charge >= 0.3 is 6.03 Å². The first kappa shape index (κ1) is 17.7. The number of benzene rings is 1. The third kappa shape index (κ3) is 7.24. The summed E-state index contributed by atoms with van der Waals surface area (Å²) < 4.78 is 11.2. The Kier molecular flexibility index (Phi) is 8.00. The van der Waals surface area contributed by atoms with Crippen LogP contribution in [0.5, 0.6) is 0 Å². The minimum Gasteiger partial charge on any atom is -0.392 e. The molecule has 0 bridgehead atoms. The second kappa shape index (κ2) is 9.52. The van der Waals surface area contributed by atoms with Crippen molar-refractivity contribution >= 4 is 16.8 Å². The van der Waals surface area contributed by atoms with Gasteiger partial charge in [0.1, 0.15) is 0 Å². The molecule has 2 amide bonds. The summed E-state index contributed by atoms with van der Waals surface area (Å²) in [5, 5.41) is 14.6. The molecule has 0 heterocycles. The van der Waals surface area contributed by atoms with Crippen molar-refractivity contribution in [3.8, 4) is 0 Å². The van der Waals surface area contributed by atoms with Crippen LogP contribution in [-0.2, 0) is 23.8 Å². The van der Waals surface area contributed by atoms with Gasteiger partial charge in [0.25, 0.3) is 0 Å². The molecule has 118 valence electrons. The van der Waals surface area contributed by atoms with Crippen molar-refractivity contribution in [1.82, 2.24) is 10.6 Å². The van der Waals surface area contributed by atoms with Crippen LogP contribution in [-0.4, -0.2) is 39.9 Å². The lowest BCUT2D eigenvalue weighted by atomic mass is 10.1. The Bertz CT molecular complexity index is 462. The highest BCUT2D eigenvalue weighted by Crippen LogP contribution is 2.04. The van der Waals surface area contributed by atoms with Gasteiger partial charge < -0.3 is 15.7 Å². The van der Waals surface area contributed by atoms with Gasteiger partial charge in [-0.05, 0) is 24.0 Å². The molecule has 0 fully saturated rings. The van der Waals surface area contributed by atoms with Crippen LogP contribution in [0.2, 0.25) is 0 Å². The van der Waals surface area contributed by atoms with E-state index >= 15 is 0 Å². The topological polar surface area (TPSA) is 78.4 Å². The zero-order valence-electron chi connectivity index (χ0n) is 12.6. The van der Waals surface area contributed by atoms with Gasteiger partial charge in [0, 0.05) is 35.4 Å². The maximum Gasteiger partial charge on any atom is 0.314 e. The van der Waals surface area contributed by atoms with Crippen LogP contribution in [0, 0.1) is 0 Å². The normalized spacial score (nSPS) is 13.5. The zero-order chi connectivity index (χ0) is 15.7. The van der Waals surface area contributed by atoms with E-state index in [2.05, 4.69) is 10.6 Å². The average molecular weight is 312 g/mol. The number of hydrogen-bond donors (Lipinski definition) is 3. The summed E-state index contributed by atoms with van der Waals surface area (Å²) in [5.74, 6) is 0. The fourth-order valence-electron chi connectivity index (χ4n) is 1.75. The molecule has 5 nitrogen and oxygen atoms in total. The van der Waals surface area contributed by atoms with Gasteiger partial charge in [-0.3, -0.25) is 4.21 Å². The highest BCUT2D eigenvalue weighted by atomic mass is 32.2. The van der Waals surface area contributed by atoms with E-state index in [1.165, 1.54) is 0 Å². The average Bonchev–Trinajstić information content (AvgIpc) is 2.47. The number of nitrogens with one attached hydrogen (secondary N) is 2. The molecule has 0 aliphatic carbocycles. The van der Waals surface area contributed by atoms with Gasteiger partial charge in [-0.1, -0.05) is 31.2 Å². The van der Waals surface area contributed by atoms with Crippen LogP contribution in [0.4, 0.5) is 4.79 Å². The van der Waals surface area contributed by atoms with Gasteiger partial charge in [-0.2, -0.15) is 0 Å². The minimum absolute atomic E-state index is 0.0436. The summed E-state index contributed by atoms with van der Waals surface area (Å²) in [6, 6.07) is 7.45. The van der Waals surface area contributed by atoms with E-state index in [0.29, 0.717) is 19.5 Å². The number of hydrogen-bond acceptors (Lipinski definition) is 3. The summed E-state index contributed by atoms with van der Waals surface area (Å²) in [7, 11) is -0.848. The summed E-state index contributed by atoms with van der Waals surface area (Å²) in [6.45, 7) is 3.03. The number of urea groups is 1. The van der Waals surface area contributed by atoms with Crippen LogP contribution in [0.15, 0.2) is 24.3 Å². The molecule has 3 N–H and O–H groups in total. The SMILES string of the molecule is CC(CCNC(=O)NCCc1ccc(CO)cc1)S(C)=O. The molecule has 1 aromatic carbocycles. The zero-order valence-corrected chi connectivity index (χ0v) is 13.4. The van der Waals surface area contributed by atoms with Crippen LogP contribution >= 0.6 is 0 Å². The quantitative estimate of drug-likeness (QED) is 0.674. The fraction of sp³-hybridized carbons (Fsp3) is 0.533. The van der Waals surface area contributed by atoms with E-state index < -0.39 is 10.8 Å². The molecule has 1 rings (SSSR count). The third-order valence-corrected chi connectivity index (χ3v) is 4.68. The molecular formula is C15H24N2O3S. The summed E-state index contributed by atoms with van der Waals surface area (Å²) in [4.78, 5) is 11.6. The van der Waals surface area contributed by atoms with Crippen LogP contribution in [0.1, 0.15) is 24.5 Å². The molecule has 0 saturated heterocycles. The van der Waals surface area contributed by atoms with E-state index in [1.54, 1.807) is 6.26 Å². The molecule has 0 aliphatic heterocycles. The fourth-order valence-corrected chi connectivity index (χ4v) is 2.20. The second-order valence-corrected chi connectivity index (χ2v) is 6.81. The van der Waals surface area contributed by atoms with Crippen molar-refractivity contribution in [2.75, 3.05) is 19.3 Å². The Hall–Kier alpha value is -1.40. The number of carbonyl (C=O) groups is 1. The Morgan fingerprint density at radius 2 is 1.76 bits per heavy atom. The molecule has 0 aromatic heterocycles. The Balaban J connectivity index is 2.16. The van der Waals surface area contributed by atoms with Crippen LogP contribution in [0.3, 0.4) is 0 Å². The van der Waals surface area contributed by atoms with Crippen molar-refractivity contribution in [1.29, 1.82) is 0 Å². The van der Waals surface area contributed by atoms with E-state index in [1.807, 2.05) is 31.2 Å². The molecule has 2 atom stereocenters. The smallest absolute Gasteiger partial charge is 0.314 e. The van der Waals surface area contributed by atoms with E-state index in [0.717, 1.165) is 17.5 Å². The van der Waals surface area contributed by atoms with E-state index in [-0.39, 0.29) is 17.9 Å². The molecule has 1 aromatic rings.